The summed E-state index contributed by atoms with van der Waals surface area (Å²) < 4.78 is 26.7. The van der Waals surface area contributed by atoms with Gasteiger partial charge in [0.15, 0.2) is 11.6 Å². The Morgan fingerprint density at radius 1 is 1.16 bits per heavy atom. The summed E-state index contributed by atoms with van der Waals surface area (Å²) in [5, 5.41) is 20.0. The minimum atomic E-state index is -3.55. The zero-order valence-corrected chi connectivity index (χ0v) is 18.4. The van der Waals surface area contributed by atoms with Gasteiger partial charge in [-0.2, -0.15) is 9.78 Å². The van der Waals surface area contributed by atoms with Gasteiger partial charge in [0.25, 0.3) is 5.56 Å². The zero-order valence-electron chi connectivity index (χ0n) is 16.8. The van der Waals surface area contributed by atoms with Crippen molar-refractivity contribution in [1.29, 1.82) is 0 Å². The molecule has 10 heteroatoms. The molecule has 0 saturated heterocycles. The fourth-order valence-electron chi connectivity index (χ4n) is 3.52. The summed E-state index contributed by atoms with van der Waals surface area (Å²) in [4.78, 5) is 13.7. The molecule has 5 rings (SSSR count). The summed E-state index contributed by atoms with van der Waals surface area (Å²) >= 11 is 1.24. The summed E-state index contributed by atoms with van der Waals surface area (Å²) in [6, 6.07) is 15.9. The van der Waals surface area contributed by atoms with E-state index in [0.717, 1.165) is 11.1 Å². The maximum absolute atomic E-state index is 13.4. The van der Waals surface area contributed by atoms with Gasteiger partial charge >= 0.3 is 0 Å². The van der Waals surface area contributed by atoms with E-state index in [2.05, 4.69) is 14.8 Å². The van der Waals surface area contributed by atoms with Gasteiger partial charge in [0.1, 0.15) is 10.5 Å². The van der Waals surface area contributed by atoms with Gasteiger partial charge in [0.05, 0.1) is 22.1 Å². The number of pyridine rings is 1. The lowest BCUT2D eigenvalue weighted by molar-refractivity contribution is 0.479. The van der Waals surface area contributed by atoms with Crippen LogP contribution in [0.25, 0.3) is 10.2 Å². The Morgan fingerprint density at radius 3 is 2.78 bits per heavy atom. The normalized spacial score (nSPS) is 15.9. The predicted octanol–water partition coefficient (Wildman–Crippen LogP) is 4.86. The number of rotatable bonds is 3. The van der Waals surface area contributed by atoms with E-state index in [1.165, 1.54) is 16.0 Å². The van der Waals surface area contributed by atoms with Crippen LogP contribution < -0.4 is 10.9 Å². The molecule has 0 atom stereocenters. The molecule has 1 aliphatic rings. The predicted molar refractivity (Wildman–Crippen MR) is 130 cm³/mol. The standard InChI is InChI=1S/C22H18N4O4S2/c1-13-5-4-6-14(11-13)12-23-26-16-9-10-31-20(16)19(27)18(22(26)28)21-24-15-7-2-3-8-17(15)32(29,30)25-21/h2-12,27,29-30H,1H3,(H,24,25). The number of fused-ring (bicyclic) bond motifs is 2. The smallest absolute Gasteiger partial charge is 0.286 e. The Hall–Kier alpha value is -3.44. The van der Waals surface area contributed by atoms with E-state index >= 15 is 0 Å². The Balaban J connectivity index is 1.70. The first-order valence-electron chi connectivity index (χ1n) is 9.56. The van der Waals surface area contributed by atoms with Gasteiger partial charge in [-0.25, -0.2) is 0 Å². The molecule has 2 aromatic heterocycles. The number of nitrogens with one attached hydrogen (secondary N) is 1. The van der Waals surface area contributed by atoms with Crippen molar-refractivity contribution in [3.8, 4) is 5.75 Å². The summed E-state index contributed by atoms with van der Waals surface area (Å²) in [7, 11) is -3.55. The molecule has 0 saturated carbocycles. The van der Waals surface area contributed by atoms with E-state index in [0.29, 0.717) is 15.9 Å². The molecule has 162 valence electrons. The van der Waals surface area contributed by atoms with Crippen molar-refractivity contribution in [2.45, 2.75) is 11.8 Å². The molecule has 32 heavy (non-hydrogen) atoms. The van der Waals surface area contributed by atoms with Gasteiger partial charge in [-0.05, 0) is 36.1 Å². The molecule has 1 aliphatic heterocycles. The van der Waals surface area contributed by atoms with Crippen LogP contribution in [0.15, 0.2) is 79.2 Å². The number of hydrogen-bond donors (Lipinski definition) is 4. The van der Waals surface area contributed by atoms with Gasteiger partial charge in [-0.15, -0.1) is 15.7 Å². The molecule has 4 aromatic rings. The highest BCUT2D eigenvalue weighted by Gasteiger charge is 2.30. The third kappa shape index (κ3) is 3.39. The van der Waals surface area contributed by atoms with Crippen LogP contribution in [-0.2, 0) is 0 Å². The average molecular weight is 467 g/mol. The number of aromatic hydroxyl groups is 1. The molecule has 0 bridgehead atoms. The van der Waals surface area contributed by atoms with Gasteiger partial charge in [-0.3, -0.25) is 13.9 Å². The number of hydrogen-bond acceptors (Lipinski definition) is 8. The van der Waals surface area contributed by atoms with Crippen molar-refractivity contribution in [1.82, 2.24) is 4.68 Å². The van der Waals surface area contributed by atoms with Crippen LogP contribution in [0.5, 0.6) is 5.75 Å². The lowest BCUT2D eigenvalue weighted by Gasteiger charge is -2.34. The minimum Gasteiger partial charge on any atom is -0.505 e. The third-order valence-electron chi connectivity index (χ3n) is 4.99. The molecule has 0 spiro atoms. The van der Waals surface area contributed by atoms with E-state index < -0.39 is 16.3 Å². The molecular weight excluding hydrogens is 448 g/mol. The van der Waals surface area contributed by atoms with Gasteiger partial charge < -0.3 is 10.4 Å². The van der Waals surface area contributed by atoms with Crippen molar-refractivity contribution in [3.63, 3.8) is 0 Å². The Morgan fingerprint density at radius 2 is 1.97 bits per heavy atom. The highest BCUT2D eigenvalue weighted by molar-refractivity contribution is 8.23. The molecule has 0 radical (unpaired) electrons. The number of amidine groups is 1. The first kappa shape index (κ1) is 20.5. The van der Waals surface area contributed by atoms with Crippen LogP contribution in [0.3, 0.4) is 0 Å². The second-order valence-corrected chi connectivity index (χ2v) is 9.79. The second-order valence-electron chi connectivity index (χ2n) is 7.21. The number of nitrogens with zero attached hydrogens (tertiary/aromatic N) is 3. The van der Waals surface area contributed by atoms with Crippen LogP contribution in [0.2, 0.25) is 0 Å². The zero-order chi connectivity index (χ0) is 22.5. The van der Waals surface area contributed by atoms with Gasteiger partial charge in [0, 0.05) is 0 Å². The summed E-state index contributed by atoms with van der Waals surface area (Å²) in [5.41, 5.74) is 1.88. The maximum Gasteiger partial charge on any atom is 0.286 e. The fourth-order valence-corrected chi connectivity index (χ4v) is 5.51. The molecule has 0 unspecified atom stereocenters. The van der Waals surface area contributed by atoms with Crippen molar-refractivity contribution >= 4 is 50.1 Å². The second kappa shape index (κ2) is 7.61. The lowest BCUT2D eigenvalue weighted by atomic mass is 10.2. The molecule has 0 amide bonds. The first-order valence-corrected chi connectivity index (χ1v) is 11.9. The van der Waals surface area contributed by atoms with Crippen molar-refractivity contribution in [3.05, 3.63) is 87.0 Å². The molecule has 0 fully saturated rings. The van der Waals surface area contributed by atoms with Crippen LogP contribution in [0.1, 0.15) is 16.7 Å². The van der Waals surface area contributed by atoms with E-state index in [9.17, 15) is 19.0 Å². The van der Waals surface area contributed by atoms with Crippen molar-refractivity contribution in [2.24, 2.45) is 9.50 Å². The number of anilines is 1. The summed E-state index contributed by atoms with van der Waals surface area (Å²) in [6.45, 7) is 1.96. The molecule has 2 aromatic carbocycles. The monoisotopic (exact) mass is 466 g/mol. The quantitative estimate of drug-likeness (QED) is 0.322. The molecule has 4 N–H and O–H groups in total. The van der Waals surface area contributed by atoms with Gasteiger partial charge in [0.2, 0.25) is 0 Å². The minimum absolute atomic E-state index is 0.124. The topological polar surface area (TPSA) is 119 Å². The third-order valence-corrected chi connectivity index (χ3v) is 7.28. The first-order chi connectivity index (χ1) is 15.3. The van der Waals surface area contributed by atoms with Crippen LogP contribution in [-0.4, -0.2) is 30.9 Å². The molecular formula is C22H18N4O4S2. The van der Waals surface area contributed by atoms with E-state index in [4.69, 9.17) is 0 Å². The summed E-state index contributed by atoms with van der Waals surface area (Å²) in [5.74, 6) is -0.413. The largest absolute Gasteiger partial charge is 0.505 e. The Labute approximate surface area is 188 Å². The maximum atomic E-state index is 13.4. The SMILES string of the molecule is Cc1cccc(C=Nn2c(=O)c(C3=NS(O)(O)c4ccccc4N3)c(O)c3sccc32)c1. The van der Waals surface area contributed by atoms with Crippen molar-refractivity contribution < 1.29 is 14.2 Å². The highest BCUT2D eigenvalue weighted by Crippen LogP contribution is 2.55. The van der Waals surface area contributed by atoms with E-state index in [1.54, 1.807) is 41.9 Å². The fraction of sp³-hybridized carbons (Fsp3) is 0.0455. The number of aryl methyl sites for hydroxylation is 1. The van der Waals surface area contributed by atoms with Gasteiger partial charge in [-0.1, -0.05) is 52.7 Å². The van der Waals surface area contributed by atoms with E-state index in [-0.39, 0.29) is 22.0 Å². The summed E-state index contributed by atoms with van der Waals surface area (Å²) in [6.07, 6.45) is 1.56. The number of benzene rings is 2. The number of para-hydroxylation sites is 1. The van der Waals surface area contributed by atoms with Crippen LogP contribution in [0.4, 0.5) is 5.69 Å². The van der Waals surface area contributed by atoms with Crippen LogP contribution >= 0.6 is 22.1 Å². The molecule has 3 heterocycles. The molecule has 8 nitrogen and oxygen atoms in total. The highest BCUT2D eigenvalue weighted by atomic mass is 32.3. The van der Waals surface area contributed by atoms with Crippen molar-refractivity contribution in [2.75, 3.05) is 5.32 Å². The number of aromatic nitrogens is 1. The Kier molecular flexibility index (Phi) is 4.86. The van der Waals surface area contributed by atoms with E-state index in [1.807, 2.05) is 31.2 Å². The molecule has 0 aliphatic carbocycles. The number of thiophene rings is 1. The van der Waals surface area contributed by atoms with Crippen LogP contribution in [0, 0.1) is 6.92 Å². The average Bonchev–Trinajstić information content (AvgIpc) is 3.23. The lowest BCUT2D eigenvalue weighted by Crippen LogP contribution is -2.30. The Bertz CT molecular complexity index is 1490.